The molecule has 0 saturated heterocycles. The number of ether oxygens (including phenoxy) is 4. The maximum atomic E-state index is 13.1. The van der Waals surface area contributed by atoms with Crippen LogP contribution in [0.3, 0.4) is 0 Å². The van der Waals surface area contributed by atoms with Gasteiger partial charge in [0, 0.05) is 11.6 Å². The van der Waals surface area contributed by atoms with Gasteiger partial charge in [0.15, 0.2) is 11.5 Å². The summed E-state index contributed by atoms with van der Waals surface area (Å²) < 4.78 is 34.9. The van der Waals surface area contributed by atoms with Gasteiger partial charge in [-0.05, 0) is 48.0 Å². The lowest BCUT2D eigenvalue weighted by molar-refractivity contribution is 0.0734. The van der Waals surface area contributed by atoms with Gasteiger partial charge in [0.1, 0.15) is 29.0 Å². The molecule has 0 unspecified atom stereocenters. The van der Waals surface area contributed by atoms with Crippen LogP contribution in [0.25, 0.3) is 0 Å². The van der Waals surface area contributed by atoms with Crippen LogP contribution in [0.1, 0.15) is 27.4 Å². The van der Waals surface area contributed by atoms with Crippen LogP contribution < -0.4 is 24.7 Å². The van der Waals surface area contributed by atoms with E-state index in [2.05, 4.69) is 6.07 Å². The fourth-order valence-electron chi connectivity index (χ4n) is 3.63. The summed E-state index contributed by atoms with van der Waals surface area (Å²) in [7, 11) is 3.06. The molecule has 0 spiro atoms. The number of esters is 1. The van der Waals surface area contributed by atoms with Crippen LogP contribution in [-0.2, 0) is 0 Å². The predicted octanol–water partition coefficient (Wildman–Crippen LogP) is 4.28. The first-order valence-electron chi connectivity index (χ1n) is 9.86. The number of carbonyl (C=O) groups is 1. The van der Waals surface area contributed by atoms with E-state index in [0.717, 1.165) is 5.56 Å². The topological polar surface area (TPSA) is 104 Å². The predicted molar refractivity (Wildman–Crippen MR) is 117 cm³/mol. The first kappa shape index (κ1) is 21.7. The summed E-state index contributed by atoms with van der Waals surface area (Å²) in [4.78, 5) is 12.4. The minimum Gasteiger partial charge on any atom is -0.493 e. The Balaban J connectivity index is 1.71. The average molecular weight is 446 g/mol. The SMILES string of the molecule is COc1ccc([C@H]2C(C#N)=C(N)Oc3cc(OC(=O)c4ccc(F)cc4)ccc32)cc1OC. The van der Waals surface area contributed by atoms with E-state index < -0.39 is 17.7 Å². The standard InChI is InChI=1S/C25H19FN2O5/c1-30-20-10-5-15(11-22(20)31-2)23-18-9-8-17(12-21(18)33-24(28)19(23)13-27)32-25(29)14-3-6-16(26)7-4-14/h3-12,23H,28H2,1-2H3/t23-/m1/s1. The molecule has 1 atom stereocenters. The molecular weight excluding hydrogens is 427 g/mol. The molecular formula is C25H19FN2O5. The summed E-state index contributed by atoms with van der Waals surface area (Å²) in [5.74, 6) is -0.0741. The van der Waals surface area contributed by atoms with Crippen molar-refractivity contribution in [1.29, 1.82) is 5.26 Å². The summed E-state index contributed by atoms with van der Waals surface area (Å²) in [6.45, 7) is 0. The maximum absolute atomic E-state index is 13.1. The molecule has 2 N–H and O–H groups in total. The number of fused-ring (bicyclic) bond motifs is 1. The van der Waals surface area contributed by atoms with Gasteiger partial charge in [-0.15, -0.1) is 0 Å². The van der Waals surface area contributed by atoms with Crippen molar-refractivity contribution in [2.45, 2.75) is 5.92 Å². The van der Waals surface area contributed by atoms with Crippen molar-refractivity contribution in [1.82, 2.24) is 0 Å². The summed E-state index contributed by atoms with van der Waals surface area (Å²) in [6.07, 6.45) is 0. The zero-order valence-corrected chi connectivity index (χ0v) is 17.8. The highest BCUT2D eigenvalue weighted by molar-refractivity contribution is 5.91. The van der Waals surface area contributed by atoms with Crippen LogP contribution in [-0.4, -0.2) is 20.2 Å². The van der Waals surface area contributed by atoms with Crippen LogP contribution >= 0.6 is 0 Å². The van der Waals surface area contributed by atoms with Crippen molar-refractivity contribution in [2.24, 2.45) is 5.73 Å². The van der Waals surface area contributed by atoms with Gasteiger partial charge < -0.3 is 24.7 Å². The van der Waals surface area contributed by atoms with Crippen LogP contribution in [0.5, 0.6) is 23.0 Å². The molecule has 0 saturated carbocycles. The van der Waals surface area contributed by atoms with Crippen LogP contribution in [0, 0.1) is 17.1 Å². The van der Waals surface area contributed by atoms with Gasteiger partial charge in [-0.3, -0.25) is 0 Å². The smallest absolute Gasteiger partial charge is 0.343 e. The average Bonchev–Trinajstić information content (AvgIpc) is 2.83. The fourth-order valence-corrected chi connectivity index (χ4v) is 3.63. The molecule has 8 heteroatoms. The Bertz CT molecular complexity index is 1300. The number of benzene rings is 3. The second kappa shape index (κ2) is 8.93. The molecule has 0 radical (unpaired) electrons. The van der Waals surface area contributed by atoms with Crippen molar-refractivity contribution in [3.8, 4) is 29.1 Å². The molecule has 7 nitrogen and oxygen atoms in total. The highest BCUT2D eigenvalue weighted by atomic mass is 19.1. The van der Waals surface area contributed by atoms with E-state index in [1.165, 1.54) is 44.6 Å². The molecule has 0 fully saturated rings. The third-order valence-electron chi connectivity index (χ3n) is 5.22. The Labute approximate surface area is 189 Å². The molecule has 0 amide bonds. The molecule has 0 aromatic heterocycles. The van der Waals surface area contributed by atoms with Gasteiger partial charge in [0.25, 0.3) is 0 Å². The number of halogens is 1. The number of hydrogen-bond donors (Lipinski definition) is 1. The molecule has 1 aliphatic heterocycles. The van der Waals surface area contributed by atoms with Gasteiger partial charge in [-0.1, -0.05) is 12.1 Å². The lowest BCUT2D eigenvalue weighted by Crippen LogP contribution is -2.21. The number of nitrogens with two attached hydrogens (primary N) is 1. The van der Waals surface area contributed by atoms with Crippen molar-refractivity contribution in [3.63, 3.8) is 0 Å². The van der Waals surface area contributed by atoms with E-state index in [0.29, 0.717) is 22.8 Å². The van der Waals surface area contributed by atoms with Crippen molar-refractivity contribution < 1.29 is 28.1 Å². The van der Waals surface area contributed by atoms with E-state index in [1.807, 2.05) is 6.07 Å². The largest absolute Gasteiger partial charge is 0.493 e. The third kappa shape index (κ3) is 4.16. The summed E-state index contributed by atoms with van der Waals surface area (Å²) in [5.41, 5.74) is 7.90. The Morgan fingerprint density at radius 3 is 2.42 bits per heavy atom. The molecule has 0 aliphatic carbocycles. The highest BCUT2D eigenvalue weighted by Gasteiger charge is 2.31. The van der Waals surface area contributed by atoms with Crippen molar-refractivity contribution in [2.75, 3.05) is 14.2 Å². The zero-order valence-electron chi connectivity index (χ0n) is 17.8. The van der Waals surface area contributed by atoms with Crippen LogP contribution in [0.15, 0.2) is 72.1 Å². The number of nitriles is 1. The van der Waals surface area contributed by atoms with E-state index >= 15 is 0 Å². The Hall–Kier alpha value is -4.51. The number of hydrogen-bond acceptors (Lipinski definition) is 7. The van der Waals surface area contributed by atoms with Gasteiger partial charge in [0.2, 0.25) is 5.88 Å². The van der Waals surface area contributed by atoms with E-state index in [9.17, 15) is 14.4 Å². The fraction of sp³-hybridized carbons (Fsp3) is 0.120. The van der Waals surface area contributed by atoms with E-state index in [4.69, 9.17) is 24.7 Å². The molecule has 3 aromatic carbocycles. The summed E-state index contributed by atoms with van der Waals surface area (Å²) in [5, 5.41) is 9.75. The van der Waals surface area contributed by atoms with Gasteiger partial charge in [-0.25, -0.2) is 9.18 Å². The Kier molecular flexibility index (Phi) is 5.87. The highest BCUT2D eigenvalue weighted by Crippen LogP contribution is 2.45. The molecule has 1 aliphatic rings. The zero-order chi connectivity index (χ0) is 23.5. The van der Waals surface area contributed by atoms with Gasteiger partial charge >= 0.3 is 5.97 Å². The van der Waals surface area contributed by atoms with Crippen LogP contribution in [0.2, 0.25) is 0 Å². The van der Waals surface area contributed by atoms with Crippen LogP contribution in [0.4, 0.5) is 4.39 Å². The quantitative estimate of drug-likeness (QED) is 0.461. The normalized spacial score (nSPS) is 14.5. The maximum Gasteiger partial charge on any atom is 0.343 e. The Morgan fingerprint density at radius 1 is 1.03 bits per heavy atom. The molecule has 0 bridgehead atoms. The third-order valence-corrected chi connectivity index (χ3v) is 5.22. The first-order valence-corrected chi connectivity index (χ1v) is 9.86. The molecule has 3 aromatic rings. The number of carbonyl (C=O) groups excluding carboxylic acids is 1. The Morgan fingerprint density at radius 2 is 1.76 bits per heavy atom. The number of methoxy groups -OCH3 is 2. The molecule has 166 valence electrons. The van der Waals surface area contributed by atoms with Crippen molar-refractivity contribution in [3.05, 3.63) is 94.6 Å². The number of allylic oxidation sites excluding steroid dienone is 1. The van der Waals surface area contributed by atoms with Gasteiger partial charge in [-0.2, -0.15) is 5.26 Å². The van der Waals surface area contributed by atoms with E-state index in [1.54, 1.807) is 24.3 Å². The lowest BCUT2D eigenvalue weighted by Gasteiger charge is -2.27. The molecule has 4 rings (SSSR count). The number of nitrogens with zero attached hydrogens (tertiary/aromatic N) is 1. The van der Waals surface area contributed by atoms with Crippen molar-refractivity contribution >= 4 is 5.97 Å². The first-order chi connectivity index (χ1) is 15.9. The van der Waals surface area contributed by atoms with E-state index in [-0.39, 0.29) is 22.8 Å². The summed E-state index contributed by atoms with van der Waals surface area (Å²) in [6, 6.07) is 17.3. The lowest BCUT2D eigenvalue weighted by atomic mass is 9.83. The summed E-state index contributed by atoms with van der Waals surface area (Å²) >= 11 is 0. The number of rotatable bonds is 5. The second-order valence-electron chi connectivity index (χ2n) is 7.14. The second-order valence-corrected chi connectivity index (χ2v) is 7.14. The molecule has 1 heterocycles. The molecule has 33 heavy (non-hydrogen) atoms. The monoisotopic (exact) mass is 446 g/mol. The minimum atomic E-state index is -0.650. The van der Waals surface area contributed by atoms with Gasteiger partial charge in [0.05, 0.1) is 25.7 Å². The minimum absolute atomic E-state index is 0.0493.